The monoisotopic (exact) mass is 440 g/mol. The van der Waals surface area contributed by atoms with Crippen molar-refractivity contribution >= 4 is 12.0 Å². The summed E-state index contributed by atoms with van der Waals surface area (Å²) in [6, 6.07) is 13.7. The van der Waals surface area contributed by atoms with E-state index in [0.717, 1.165) is 5.56 Å². The van der Waals surface area contributed by atoms with Crippen molar-refractivity contribution in [2.45, 2.75) is 19.5 Å². The van der Waals surface area contributed by atoms with Gasteiger partial charge in [-0.3, -0.25) is 4.90 Å². The summed E-state index contributed by atoms with van der Waals surface area (Å²) in [5.41, 5.74) is 2.41. The molecule has 1 N–H and O–H groups in total. The van der Waals surface area contributed by atoms with Crippen LogP contribution in [0.25, 0.3) is 0 Å². The maximum atomic E-state index is 13.1. The Bertz CT molecular complexity index is 989. The third kappa shape index (κ3) is 5.03. The molecule has 1 aliphatic rings. The smallest absolute Gasteiger partial charge is 0.338 e. The highest BCUT2D eigenvalue weighted by Gasteiger charge is 2.37. The number of amides is 2. The fourth-order valence-electron chi connectivity index (χ4n) is 3.59. The summed E-state index contributed by atoms with van der Waals surface area (Å²) in [5.74, 6) is 0.560. The molecule has 170 valence electrons. The van der Waals surface area contributed by atoms with Gasteiger partial charge in [0.15, 0.2) is 0 Å². The SMILES string of the molecule is COCCOC(=O)C1=C(C)N(Cc2ccccc2)C(=O)N[C@@H]1c1ccc(OC)cc1OC. The van der Waals surface area contributed by atoms with Crippen LogP contribution in [0.4, 0.5) is 4.79 Å². The highest BCUT2D eigenvalue weighted by molar-refractivity contribution is 5.95. The standard InChI is InChI=1S/C24H28N2O6/c1-16-21(23(27)32-13-12-29-2)22(19-11-10-18(30-3)14-20(19)31-4)25-24(28)26(16)15-17-8-6-5-7-9-17/h5-11,14,22H,12-13,15H2,1-4H3,(H,25,28)/t22-/m1/s1. The third-order valence-electron chi connectivity index (χ3n) is 5.27. The first-order valence-corrected chi connectivity index (χ1v) is 10.2. The summed E-state index contributed by atoms with van der Waals surface area (Å²) >= 11 is 0. The zero-order chi connectivity index (χ0) is 23.1. The minimum absolute atomic E-state index is 0.102. The molecule has 8 heteroatoms. The number of hydrogen-bond acceptors (Lipinski definition) is 6. The van der Waals surface area contributed by atoms with Gasteiger partial charge < -0.3 is 24.3 Å². The maximum absolute atomic E-state index is 13.1. The molecule has 0 saturated heterocycles. The molecule has 32 heavy (non-hydrogen) atoms. The van der Waals surface area contributed by atoms with Crippen molar-refractivity contribution in [3.05, 3.63) is 70.9 Å². The molecule has 0 bridgehead atoms. The molecule has 3 rings (SSSR count). The molecular formula is C24H28N2O6. The number of ether oxygens (including phenoxy) is 4. The van der Waals surface area contributed by atoms with Crippen LogP contribution < -0.4 is 14.8 Å². The Hall–Kier alpha value is -3.52. The summed E-state index contributed by atoms with van der Waals surface area (Å²) < 4.78 is 21.2. The number of benzene rings is 2. The van der Waals surface area contributed by atoms with E-state index in [0.29, 0.717) is 34.9 Å². The molecule has 0 aromatic heterocycles. The van der Waals surface area contributed by atoms with Crippen LogP contribution >= 0.6 is 0 Å². The van der Waals surface area contributed by atoms with Gasteiger partial charge in [-0.25, -0.2) is 9.59 Å². The topological polar surface area (TPSA) is 86.3 Å². The first-order chi connectivity index (χ1) is 15.5. The van der Waals surface area contributed by atoms with Crippen molar-refractivity contribution in [3.8, 4) is 11.5 Å². The van der Waals surface area contributed by atoms with E-state index in [1.54, 1.807) is 32.2 Å². The minimum Gasteiger partial charge on any atom is -0.497 e. The van der Waals surface area contributed by atoms with Gasteiger partial charge in [0.25, 0.3) is 0 Å². The number of nitrogens with one attached hydrogen (secondary N) is 1. The van der Waals surface area contributed by atoms with Gasteiger partial charge >= 0.3 is 12.0 Å². The Morgan fingerprint density at radius 3 is 2.44 bits per heavy atom. The highest BCUT2D eigenvalue weighted by Crippen LogP contribution is 2.38. The lowest BCUT2D eigenvalue weighted by atomic mass is 9.93. The molecule has 0 saturated carbocycles. The van der Waals surface area contributed by atoms with E-state index in [9.17, 15) is 9.59 Å². The summed E-state index contributed by atoms with van der Waals surface area (Å²) in [6.07, 6.45) is 0. The van der Waals surface area contributed by atoms with E-state index in [1.165, 1.54) is 19.1 Å². The van der Waals surface area contributed by atoms with Gasteiger partial charge in [0.2, 0.25) is 0 Å². The van der Waals surface area contributed by atoms with Crippen LogP contribution in [0.5, 0.6) is 11.5 Å². The fraction of sp³-hybridized carbons (Fsp3) is 0.333. The summed E-state index contributed by atoms with van der Waals surface area (Å²) in [5, 5.41) is 2.94. The van der Waals surface area contributed by atoms with E-state index in [2.05, 4.69) is 5.32 Å². The van der Waals surface area contributed by atoms with Crippen LogP contribution in [-0.2, 0) is 20.8 Å². The number of urea groups is 1. The molecule has 2 aromatic carbocycles. The predicted molar refractivity (Wildman–Crippen MR) is 118 cm³/mol. The van der Waals surface area contributed by atoms with Gasteiger partial charge in [0, 0.05) is 24.4 Å². The number of esters is 1. The van der Waals surface area contributed by atoms with Gasteiger partial charge in [-0.2, -0.15) is 0 Å². The molecule has 0 radical (unpaired) electrons. The number of hydrogen-bond donors (Lipinski definition) is 1. The molecule has 1 atom stereocenters. The van der Waals surface area contributed by atoms with Crippen LogP contribution in [0, 0.1) is 0 Å². The van der Waals surface area contributed by atoms with Crippen LogP contribution in [-0.4, -0.2) is 51.4 Å². The molecule has 0 aliphatic carbocycles. The Labute approximate surface area is 187 Å². The Morgan fingerprint density at radius 2 is 1.78 bits per heavy atom. The van der Waals surface area contributed by atoms with E-state index >= 15 is 0 Å². The zero-order valence-corrected chi connectivity index (χ0v) is 18.7. The van der Waals surface area contributed by atoms with Crippen molar-refractivity contribution in [2.24, 2.45) is 0 Å². The largest absolute Gasteiger partial charge is 0.497 e. The molecule has 2 amide bonds. The second-order valence-corrected chi connectivity index (χ2v) is 7.19. The van der Waals surface area contributed by atoms with Gasteiger partial charge in [-0.15, -0.1) is 0 Å². The molecular weight excluding hydrogens is 412 g/mol. The van der Waals surface area contributed by atoms with Crippen LogP contribution in [0.3, 0.4) is 0 Å². The predicted octanol–water partition coefficient (Wildman–Crippen LogP) is 3.43. The molecule has 8 nitrogen and oxygen atoms in total. The van der Waals surface area contributed by atoms with E-state index in [4.69, 9.17) is 18.9 Å². The van der Waals surface area contributed by atoms with Gasteiger partial charge in [0.1, 0.15) is 18.1 Å². The molecule has 2 aromatic rings. The first kappa shape index (κ1) is 23.1. The zero-order valence-electron chi connectivity index (χ0n) is 18.7. The van der Waals surface area contributed by atoms with Crippen molar-refractivity contribution in [2.75, 3.05) is 34.5 Å². The van der Waals surface area contributed by atoms with Gasteiger partial charge in [0.05, 0.1) is 39.0 Å². The lowest BCUT2D eigenvalue weighted by molar-refractivity contribution is -0.140. The summed E-state index contributed by atoms with van der Waals surface area (Å²) in [6.45, 7) is 2.44. The molecule has 0 fully saturated rings. The van der Waals surface area contributed by atoms with Crippen molar-refractivity contribution in [1.29, 1.82) is 0 Å². The summed E-state index contributed by atoms with van der Waals surface area (Å²) in [7, 11) is 4.62. The Morgan fingerprint density at radius 1 is 1.03 bits per heavy atom. The normalized spacial score (nSPS) is 15.9. The van der Waals surface area contributed by atoms with Gasteiger partial charge in [-0.1, -0.05) is 30.3 Å². The molecule has 0 spiro atoms. The van der Waals surface area contributed by atoms with E-state index < -0.39 is 12.0 Å². The quantitative estimate of drug-likeness (QED) is 0.475. The fourth-order valence-corrected chi connectivity index (χ4v) is 3.59. The number of allylic oxidation sites excluding steroid dienone is 1. The maximum Gasteiger partial charge on any atom is 0.338 e. The Balaban J connectivity index is 2.04. The lowest BCUT2D eigenvalue weighted by Crippen LogP contribution is -2.47. The van der Waals surface area contributed by atoms with Crippen molar-refractivity contribution < 1.29 is 28.5 Å². The molecule has 0 unspecified atom stereocenters. The van der Waals surface area contributed by atoms with Crippen LogP contribution in [0.1, 0.15) is 24.1 Å². The van der Waals surface area contributed by atoms with Gasteiger partial charge in [-0.05, 0) is 24.6 Å². The summed E-state index contributed by atoms with van der Waals surface area (Å²) in [4.78, 5) is 27.7. The van der Waals surface area contributed by atoms with E-state index in [1.807, 2.05) is 30.3 Å². The third-order valence-corrected chi connectivity index (χ3v) is 5.27. The Kier molecular flexibility index (Phi) is 7.72. The van der Waals surface area contributed by atoms with Crippen LogP contribution in [0.2, 0.25) is 0 Å². The average molecular weight is 440 g/mol. The lowest BCUT2D eigenvalue weighted by Gasteiger charge is -2.36. The number of methoxy groups -OCH3 is 3. The molecule has 1 heterocycles. The highest BCUT2D eigenvalue weighted by atomic mass is 16.6. The van der Waals surface area contributed by atoms with Crippen molar-refractivity contribution in [1.82, 2.24) is 10.2 Å². The number of rotatable bonds is 9. The number of carbonyl (C=O) groups is 2. The number of carbonyl (C=O) groups excluding carboxylic acids is 2. The van der Waals surface area contributed by atoms with E-state index in [-0.39, 0.29) is 19.2 Å². The second-order valence-electron chi connectivity index (χ2n) is 7.19. The van der Waals surface area contributed by atoms with Crippen molar-refractivity contribution in [3.63, 3.8) is 0 Å². The average Bonchev–Trinajstić information content (AvgIpc) is 2.81. The minimum atomic E-state index is -0.745. The van der Waals surface area contributed by atoms with Crippen LogP contribution in [0.15, 0.2) is 59.8 Å². The molecule has 1 aliphatic heterocycles. The number of nitrogens with zero attached hydrogens (tertiary/aromatic N) is 1. The first-order valence-electron chi connectivity index (χ1n) is 10.2. The second kappa shape index (κ2) is 10.7.